The molecule has 0 aliphatic carbocycles. The Balaban J connectivity index is 2.07. The number of halogens is 2. The lowest BCUT2D eigenvalue weighted by molar-refractivity contribution is 0.0948. The first-order valence-corrected chi connectivity index (χ1v) is 8.41. The molecule has 5 heteroatoms. The molecule has 0 saturated heterocycles. The summed E-state index contributed by atoms with van der Waals surface area (Å²) in [5, 5.41) is 4.01. The lowest BCUT2D eigenvalue weighted by Crippen LogP contribution is -2.23. The van der Waals surface area contributed by atoms with Crippen LogP contribution in [0.1, 0.15) is 15.9 Å². The Morgan fingerprint density at radius 2 is 2.00 bits per heavy atom. The Kier molecular flexibility index (Phi) is 6.37. The zero-order valence-corrected chi connectivity index (χ0v) is 14.1. The van der Waals surface area contributed by atoms with Crippen molar-refractivity contribution in [2.75, 3.05) is 5.75 Å². The van der Waals surface area contributed by atoms with Gasteiger partial charge in [0.15, 0.2) is 0 Å². The Labute approximate surface area is 144 Å². The van der Waals surface area contributed by atoms with Gasteiger partial charge in [0, 0.05) is 27.2 Å². The van der Waals surface area contributed by atoms with Crippen LogP contribution in [0.15, 0.2) is 60.0 Å². The topological polar surface area (TPSA) is 29.1 Å². The summed E-state index contributed by atoms with van der Waals surface area (Å²) in [6.07, 6.45) is 1.81. The molecule has 114 valence electrons. The summed E-state index contributed by atoms with van der Waals surface area (Å²) in [7, 11) is 0. The molecule has 0 unspecified atom stereocenters. The van der Waals surface area contributed by atoms with Gasteiger partial charge in [-0.05, 0) is 29.8 Å². The third-order valence-corrected chi connectivity index (χ3v) is 4.60. The van der Waals surface area contributed by atoms with E-state index < -0.39 is 0 Å². The molecule has 0 saturated carbocycles. The summed E-state index contributed by atoms with van der Waals surface area (Å²) < 4.78 is 0. The van der Waals surface area contributed by atoms with Crippen LogP contribution in [-0.2, 0) is 6.54 Å². The van der Waals surface area contributed by atoms with E-state index in [1.54, 1.807) is 23.9 Å². The Morgan fingerprint density at radius 3 is 2.73 bits per heavy atom. The van der Waals surface area contributed by atoms with E-state index >= 15 is 0 Å². The van der Waals surface area contributed by atoms with Crippen molar-refractivity contribution in [1.29, 1.82) is 0 Å². The molecule has 0 heterocycles. The van der Waals surface area contributed by atoms with E-state index in [1.165, 1.54) is 0 Å². The molecule has 22 heavy (non-hydrogen) atoms. The average Bonchev–Trinajstić information content (AvgIpc) is 2.52. The van der Waals surface area contributed by atoms with Gasteiger partial charge < -0.3 is 5.32 Å². The molecule has 0 aliphatic heterocycles. The van der Waals surface area contributed by atoms with E-state index in [4.69, 9.17) is 23.2 Å². The highest BCUT2D eigenvalue weighted by Crippen LogP contribution is 2.23. The van der Waals surface area contributed by atoms with E-state index in [0.717, 1.165) is 16.2 Å². The van der Waals surface area contributed by atoms with Gasteiger partial charge in [-0.1, -0.05) is 47.5 Å². The molecule has 2 nitrogen and oxygen atoms in total. The van der Waals surface area contributed by atoms with Crippen molar-refractivity contribution < 1.29 is 4.79 Å². The number of hydrogen-bond acceptors (Lipinski definition) is 2. The van der Waals surface area contributed by atoms with Crippen LogP contribution in [0.5, 0.6) is 0 Å². The molecule has 1 N–H and O–H groups in total. The van der Waals surface area contributed by atoms with Crippen LogP contribution in [0.2, 0.25) is 10.0 Å². The van der Waals surface area contributed by atoms with Gasteiger partial charge in [-0.2, -0.15) is 0 Å². The summed E-state index contributed by atoms with van der Waals surface area (Å²) >= 11 is 13.5. The minimum atomic E-state index is -0.127. The zero-order chi connectivity index (χ0) is 15.9. The van der Waals surface area contributed by atoms with E-state index in [2.05, 4.69) is 11.9 Å². The van der Waals surface area contributed by atoms with Gasteiger partial charge in [0.1, 0.15) is 0 Å². The summed E-state index contributed by atoms with van der Waals surface area (Å²) in [4.78, 5) is 13.3. The van der Waals surface area contributed by atoms with E-state index in [0.29, 0.717) is 22.2 Å². The standard InChI is InChI=1S/C17H15Cl2NOS/c1-2-9-22-16-6-4-3-5-14(16)17(21)20-11-12-7-8-13(18)10-15(12)19/h2-8,10H,1,9,11H2,(H,20,21). The lowest BCUT2D eigenvalue weighted by Gasteiger charge is -2.10. The monoisotopic (exact) mass is 351 g/mol. The van der Waals surface area contributed by atoms with Gasteiger partial charge in [0.05, 0.1) is 5.56 Å². The summed E-state index contributed by atoms with van der Waals surface area (Å²) in [5.74, 6) is 0.631. The van der Waals surface area contributed by atoms with Crippen molar-refractivity contribution in [3.8, 4) is 0 Å². The summed E-state index contributed by atoms with van der Waals surface area (Å²) in [6, 6.07) is 12.7. The molecule has 2 rings (SSSR count). The SMILES string of the molecule is C=CCSc1ccccc1C(=O)NCc1ccc(Cl)cc1Cl. The summed E-state index contributed by atoms with van der Waals surface area (Å²) in [6.45, 7) is 4.05. The molecular weight excluding hydrogens is 337 g/mol. The number of amides is 1. The van der Waals surface area contributed by atoms with Gasteiger partial charge in [0.25, 0.3) is 5.91 Å². The van der Waals surface area contributed by atoms with Crippen molar-refractivity contribution >= 4 is 40.9 Å². The number of carbonyl (C=O) groups is 1. The van der Waals surface area contributed by atoms with Crippen LogP contribution in [0.25, 0.3) is 0 Å². The highest BCUT2D eigenvalue weighted by molar-refractivity contribution is 7.99. The molecule has 0 aromatic heterocycles. The second kappa shape index (κ2) is 8.28. The maximum absolute atomic E-state index is 12.4. The van der Waals surface area contributed by atoms with Gasteiger partial charge in [-0.15, -0.1) is 18.3 Å². The number of hydrogen-bond donors (Lipinski definition) is 1. The van der Waals surface area contributed by atoms with Crippen LogP contribution < -0.4 is 5.32 Å². The Morgan fingerprint density at radius 1 is 1.23 bits per heavy atom. The van der Waals surface area contributed by atoms with Crippen LogP contribution >= 0.6 is 35.0 Å². The molecule has 0 bridgehead atoms. The molecule has 0 aliphatic rings. The second-order valence-corrected chi connectivity index (χ2v) is 6.42. The first kappa shape index (κ1) is 16.9. The highest BCUT2D eigenvalue weighted by Gasteiger charge is 2.11. The van der Waals surface area contributed by atoms with Crippen molar-refractivity contribution in [3.05, 3.63) is 76.3 Å². The Bertz CT molecular complexity index is 688. The first-order chi connectivity index (χ1) is 10.6. The van der Waals surface area contributed by atoms with E-state index in [9.17, 15) is 4.79 Å². The van der Waals surface area contributed by atoms with Crippen LogP contribution in [-0.4, -0.2) is 11.7 Å². The Hall–Kier alpha value is -1.42. The number of benzene rings is 2. The molecule has 0 atom stereocenters. The zero-order valence-electron chi connectivity index (χ0n) is 11.8. The van der Waals surface area contributed by atoms with Gasteiger partial charge in [-0.3, -0.25) is 4.79 Å². The fourth-order valence-corrected chi connectivity index (χ4v) is 3.13. The molecule has 0 radical (unpaired) electrons. The predicted molar refractivity (Wildman–Crippen MR) is 95.0 cm³/mol. The number of rotatable bonds is 6. The van der Waals surface area contributed by atoms with Crippen molar-refractivity contribution in [2.24, 2.45) is 0 Å². The maximum Gasteiger partial charge on any atom is 0.252 e. The van der Waals surface area contributed by atoms with Crippen LogP contribution in [0.4, 0.5) is 0 Å². The third-order valence-electron chi connectivity index (χ3n) is 2.94. The first-order valence-electron chi connectivity index (χ1n) is 6.66. The summed E-state index contributed by atoms with van der Waals surface area (Å²) in [5.41, 5.74) is 1.48. The molecule has 1 amide bonds. The molecule has 0 fully saturated rings. The average molecular weight is 352 g/mol. The van der Waals surface area contributed by atoms with Gasteiger partial charge in [-0.25, -0.2) is 0 Å². The van der Waals surface area contributed by atoms with Gasteiger partial charge >= 0.3 is 0 Å². The highest BCUT2D eigenvalue weighted by atomic mass is 35.5. The minimum Gasteiger partial charge on any atom is -0.348 e. The van der Waals surface area contributed by atoms with Crippen LogP contribution in [0.3, 0.4) is 0 Å². The van der Waals surface area contributed by atoms with E-state index in [-0.39, 0.29) is 5.91 Å². The maximum atomic E-state index is 12.4. The fraction of sp³-hybridized carbons (Fsp3) is 0.118. The van der Waals surface area contributed by atoms with Crippen LogP contribution in [0, 0.1) is 0 Å². The third kappa shape index (κ3) is 4.54. The minimum absolute atomic E-state index is 0.127. The van der Waals surface area contributed by atoms with Gasteiger partial charge in [0.2, 0.25) is 0 Å². The molecule has 0 spiro atoms. The number of carbonyl (C=O) groups excluding carboxylic acids is 1. The number of nitrogens with one attached hydrogen (secondary N) is 1. The predicted octanol–water partition coefficient (Wildman–Crippen LogP) is 5.20. The number of thioether (sulfide) groups is 1. The van der Waals surface area contributed by atoms with Crippen molar-refractivity contribution in [1.82, 2.24) is 5.32 Å². The molecular formula is C17H15Cl2NOS. The smallest absolute Gasteiger partial charge is 0.252 e. The largest absolute Gasteiger partial charge is 0.348 e. The lowest BCUT2D eigenvalue weighted by atomic mass is 10.2. The second-order valence-electron chi connectivity index (χ2n) is 4.51. The quantitative estimate of drug-likeness (QED) is 0.572. The van der Waals surface area contributed by atoms with Crippen molar-refractivity contribution in [3.63, 3.8) is 0 Å². The normalized spacial score (nSPS) is 10.3. The van der Waals surface area contributed by atoms with Crippen molar-refractivity contribution in [2.45, 2.75) is 11.4 Å². The molecule has 2 aromatic rings. The molecule has 2 aromatic carbocycles. The fourth-order valence-electron chi connectivity index (χ4n) is 1.86. The van der Waals surface area contributed by atoms with E-state index in [1.807, 2.05) is 36.4 Å².